The van der Waals surface area contributed by atoms with Gasteiger partial charge in [0.15, 0.2) is 0 Å². The number of esters is 1. The van der Waals surface area contributed by atoms with Crippen LogP contribution in [0.2, 0.25) is 5.54 Å². The predicted molar refractivity (Wildman–Crippen MR) is 63.3 cm³/mol. The molecule has 0 amide bonds. The van der Waals surface area contributed by atoms with Crippen molar-refractivity contribution in [3.63, 3.8) is 0 Å². The van der Waals surface area contributed by atoms with Crippen molar-refractivity contribution >= 4 is 35.5 Å². The van der Waals surface area contributed by atoms with E-state index in [1.807, 2.05) is 6.92 Å². The molecule has 0 spiro atoms. The molecule has 0 aliphatic rings. The third-order valence-corrected chi connectivity index (χ3v) is 5.59. The van der Waals surface area contributed by atoms with Crippen LogP contribution in [0.3, 0.4) is 0 Å². The van der Waals surface area contributed by atoms with E-state index in [1.165, 1.54) is 0 Å². The Kier molecular flexibility index (Phi) is 7.32. The maximum atomic E-state index is 11.0. The molecule has 1 atom stereocenters. The summed E-state index contributed by atoms with van der Waals surface area (Å²) in [5.41, 5.74) is 0.793. The molecule has 0 aliphatic heterocycles. The van der Waals surface area contributed by atoms with Gasteiger partial charge in [0.2, 0.25) is 7.42 Å². The molecular formula is C9H16Cl2O2Si. The van der Waals surface area contributed by atoms with Crippen molar-refractivity contribution in [1.82, 2.24) is 0 Å². The second-order valence-electron chi connectivity index (χ2n) is 3.37. The number of carbonyl (C=O) groups excluding carboxylic acids is 1. The lowest BCUT2D eigenvalue weighted by molar-refractivity contribution is -0.139. The van der Waals surface area contributed by atoms with Gasteiger partial charge in [-0.1, -0.05) is 13.5 Å². The van der Waals surface area contributed by atoms with Crippen molar-refractivity contribution in [1.29, 1.82) is 0 Å². The first-order valence-electron chi connectivity index (χ1n) is 4.56. The number of hydrogen-bond donors (Lipinski definition) is 0. The number of hydrogen-bond acceptors (Lipinski definition) is 2. The fourth-order valence-corrected chi connectivity index (χ4v) is 2.06. The van der Waals surface area contributed by atoms with E-state index in [0.717, 1.165) is 12.8 Å². The average Bonchev–Trinajstić information content (AvgIpc) is 2.11. The molecule has 0 radical (unpaired) electrons. The molecule has 1 unspecified atom stereocenters. The van der Waals surface area contributed by atoms with Crippen LogP contribution in [0.1, 0.15) is 26.7 Å². The Hall–Kier alpha value is 0.00688. The van der Waals surface area contributed by atoms with E-state index < -0.39 is 7.42 Å². The monoisotopic (exact) mass is 254 g/mol. The zero-order valence-electron chi connectivity index (χ0n) is 8.56. The van der Waals surface area contributed by atoms with E-state index in [-0.39, 0.29) is 5.97 Å². The van der Waals surface area contributed by atoms with Crippen molar-refractivity contribution in [3.8, 4) is 0 Å². The normalized spacial score (nSPS) is 12.6. The molecule has 0 N–H and O–H groups in total. The van der Waals surface area contributed by atoms with Gasteiger partial charge in [0.05, 0.1) is 6.61 Å². The van der Waals surface area contributed by atoms with Gasteiger partial charge in [-0.05, 0) is 25.3 Å². The van der Waals surface area contributed by atoms with Crippen LogP contribution in [-0.4, -0.2) is 20.0 Å². The summed E-state index contributed by atoms with van der Waals surface area (Å²) in [6, 6.07) is 0. The summed E-state index contributed by atoms with van der Waals surface area (Å²) in [6.45, 7) is 7.56. The quantitative estimate of drug-likeness (QED) is 0.240. The third-order valence-electron chi connectivity index (χ3n) is 1.82. The Morgan fingerprint density at radius 3 is 2.57 bits per heavy atom. The van der Waals surface area contributed by atoms with Gasteiger partial charge in [-0.25, -0.2) is 4.79 Å². The van der Waals surface area contributed by atoms with Gasteiger partial charge in [-0.2, -0.15) is 22.2 Å². The summed E-state index contributed by atoms with van der Waals surface area (Å²) in [6.07, 6.45) is 1.72. The molecule has 0 saturated heterocycles. The highest BCUT2D eigenvalue weighted by atomic mass is 35.7. The Bertz CT molecular complexity index is 207. The van der Waals surface area contributed by atoms with Crippen LogP contribution in [0.15, 0.2) is 12.2 Å². The highest BCUT2D eigenvalue weighted by Crippen LogP contribution is 2.21. The highest BCUT2D eigenvalue weighted by molar-refractivity contribution is 7.34. The summed E-state index contributed by atoms with van der Waals surface area (Å²) < 4.78 is 4.92. The molecule has 0 aliphatic carbocycles. The van der Waals surface area contributed by atoms with Gasteiger partial charge in [-0.3, -0.25) is 0 Å². The van der Waals surface area contributed by atoms with Crippen molar-refractivity contribution in [2.45, 2.75) is 32.2 Å². The summed E-state index contributed by atoms with van der Waals surface area (Å²) in [5.74, 6) is -0.330. The van der Waals surface area contributed by atoms with E-state index in [0.29, 0.717) is 17.7 Å². The summed E-state index contributed by atoms with van der Waals surface area (Å²) in [4.78, 5) is 11.0. The predicted octanol–water partition coefficient (Wildman–Crippen LogP) is 2.97. The van der Waals surface area contributed by atoms with Gasteiger partial charge in [0.1, 0.15) is 0 Å². The fourth-order valence-electron chi connectivity index (χ4n) is 0.819. The molecule has 0 aromatic heterocycles. The first-order chi connectivity index (χ1) is 6.45. The number of carbonyl (C=O) groups is 1. The molecule has 5 heteroatoms. The van der Waals surface area contributed by atoms with E-state index in [4.69, 9.17) is 26.9 Å². The van der Waals surface area contributed by atoms with E-state index in [1.54, 1.807) is 6.92 Å². The first-order valence-corrected chi connectivity index (χ1v) is 8.71. The first kappa shape index (κ1) is 14.0. The van der Waals surface area contributed by atoms with Crippen LogP contribution < -0.4 is 0 Å². The van der Waals surface area contributed by atoms with Gasteiger partial charge in [0.25, 0.3) is 0 Å². The minimum atomic E-state index is -1.57. The van der Waals surface area contributed by atoms with Gasteiger partial charge in [-0.15, -0.1) is 0 Å². The third kappa shape index (κ3) is 6.46. The van der Waals surface area contributed by atoms with Crippen LogP contribution >= 0.6 is 22.2 Å². The second kappa shape index (κ2) is 7.32. The molecule has 0 aromatic rings. The minimum absolute atomic E-state index is 0.330. The Morgan fingerprint density at radius 1 is 1.57 bits per heavy atom. The van der Waals surface area contributed by atoms with Crippen molar-refractivity contribution in [2.24, 2.45) is 0 Å². The van der Waals surface area contributed by atoms with E-state index in [9.17, 15) is 4.79 Å². The van der Waals surface area contributed by atoms with Gasteiger partial charge in [0, 0.05) is 5.57 Å². The molecule has 2 nitrogen and oxygen atoms in total. The Balaban J connectivity index is 3.47. The average molecular weight is 255 g/mol. The van der Waals surface area contributed by atoms with E-state index in [2.05, 4.69) is 6.58 Å². The lowest BCUT2D eigenvalue weighted by Crippen LogP contribution is -2.08. The lowest BCUT2D eigenvalue weighted by atomic mass is 10.2. The Labute approximate surface area is 96.2 Å². The molecule has 0 rings (SSSR count). The molecule has 0 saturated carbocycles. The minimum Gasteiger partial charge on any atom is -0.462 e. The maximum absolute atomic E-state index is 11.0. The standard InChI is InChI=1S/C9H16Cl2O2Si/c1-7(2)9(12)13-6-4-5-8(3)14(10)11/h8,14H,1,4-6H2,2-3H3. The van der Waals surface area contributed by atoms with Crippen LogP contribution in [0.4, 0.5) is 0 Å². The van der Waals surface area contributed by atoms with Crippen LogP contribution in [0.25, 0.3) is 0 Å². The van der Waals surface area contributed by atoms with Gasteiger partial charge < -0.3 is 4.74 Å². The topological polar surface area (TPSA) is 26.3 Å². The van der Waals surface area contributed by atoms with E-state index >= 15 is 0 Å². The van der Waals surface area contributed by atoms with Crippen molar-refractivity contribution in [2.75, 3.05) is 6.61 Å². The smallest absolute Gasteiger partial charge is 0.333 e. The highest BCUT2D eigenvalue weighted by Gasteiger charge is 2.13. The summed E-state index contributed by atoms with van der Waals surface area (Å²) in [5, 5.41) is 0. The molecule has 0 heterocycles. The summed E-state index contributed by atoms with van der Waals surface area (Å²) >= 11 is 11.6. The van der Waals surface area contributed by atoms with Crippen molar-refractivity contribution in [3.05, 3.63) is 12.2 Å². The number of rotatable bonds is 6. The number of ether oxygens (including phenoxy) is 1. The molecule has 14 heavy (non-hydrogen) atoms. The van der Waals surface area contributed by atoms with Crippen molar-refractivity contribution < 1.29 is 9.53 Å². The molecule has 82 valence electrons. The van der Waals surface area contributed by atoms with Crippen LogP contribution in [0.5, 0.6) is 0 Å². The van der Waals surface area contributed by atoms with Crippen LogP contribution in [-0.2, 0) is 9.53 Å². The lowest BCUT2D eigenvalue weighted by Gasteiger charge is -2.10. The molecule has 0 bridgehead atoms. The molecule has 0 aromatic carbocycles. The largest absolute Gasteiger partial charge is 0.462 e. The zero-order valence-corrected chi connectivity index (χ0v) is 11.2. The zero-order chi connectivity index (χ0) is 11.1. The van der Waals surface area contributed by atoms with Gasteiger partial charge >= 0.3 is 5.97 Å². The maximum Gasteiger partial charge on any atom is 0.333 e. The number of halogens is 2. The second-order valence-corrected chi connectivity index (χ2v) is 8.67. The SMILES string of the molecule is C=C(C)C(=O)OCCCC(C)[SiH](Cl)Cl. The Morgan fingerprint density at radius 2 is 2.14 bits per heavy atom. The van der Waals surface area contributed by atoms with Crippen LogP contribution in [0, 0.1) is 0 Å². The molecule has 0 fully saturated rings. The fraction of sp³-hybridized carbons (Fsp3) is 0.667. The summed E-state index contributed by atoms with van der Waals surface area (Å²) in [7, 11) is -1.57. The molecular weight excluding hydrogens is 239 g/mol.